The van der Waals surface area contributed by atoms with Crippen LogP contribution in [0.4, 0.5) is 10.5 Å². The van der Waals surface area contributed by atoms with Crippen LogP contribution in [0, 0.1) is 13.8 Å². The molecule has 0 heterocycles. The molecule has 0 aliphatic rings. The minimum Gasteiger partial charge on any atom is -0.490 e. The maximum absolute atomic E-state index is 11.1. The van der Waals surface area contributed by atoms with E-state index in [4.69, 9.17) is 9.47 Å². The molecule has 5 heteroatoms. The predicted octanol–water partition coefficient (Wildman–Crippen LogP) is 3.94. The fourth-order valence-corrected chi connectivity index (χ4v) is 2.13. The smallest absolute Gasteiger partial charge is 0.411 e. The summed E-state index contributed by atoms with van der Waals surface area (Å²) < 4.78 is 15.9. The van der Waals surface area contributed by atoms with Crippen LogP contribution < -0.4 is 14.8 Å². The minimum atomic E-state index is -0.499. The van der Waals surface area contributed by atoms with E-state index in [0.29, 0.717) is 24.7 Å². The van der Waals surface area contributed by atoms with Gasteiger partial charge in [0.05, 0.1) is 7.11 Å². The Morgan fingerprint density at radius 2 is 1.57 bits per heavy atom. The van der Waals surface area contributed by atoms with Crippen molar-refractivity contribution in [2.75, 3.05) is 25.6 Å². The number of hydrogen-bond donors (Lipinski definition) is 1. The number of anilines is 1. The quantitative estimate of drug-likeness (QED) is 0.820. The summed E-state index contributed by atoms with van der Waals surface area (Å²) in [7, 11) is 1.32. The molecule has 0 fully saturated rings. The molecule has 0 unspecified atom stereocenters. The van der Waals surface area contributed by atoms with Crippen molar-refractivity contribution in [2.24, 2.45) is 0 Å². The monoisotopic (exact) mass is 315 g/mol. The molecule has 0 radical (unpaired) electrons. The lowest BCUT2D eigenvalue weighted by Crippen LogP contribution is -2.11. The van der Waals surface area contributed by atoms with E-state index in [1.54, 1.807) is 24.3 Å². The third kappa shape index (κ3) is 4.92. The summed E-state index contributed by atoms with van der Waals surface area (Å²) in [4.78, 5) is 11.1. The van der Waals surface area contributed by atoms with Crippen molar-refractivity contribution in [1.82, 2.24) is 0 Å². The molecule has 0 saturated carbocycles. The molecule has 0 bridgehead atoms. The molecule has 0 saturated heterocycles. The van der Waals surface area contributed by atoms with Crippen LogP contribution in [-0.4, -0.2) is 26.4 Å². The van der Waals surface area contributed by atoms with Crippen LogP contribution in [0.5, 0.6) is 11.5 Å². The van der Waals surface area contributed by atoms with Crippen LogP contribution in [-0.2, 0) is 4.74 Å². The summed E-state index contributed by atoms with van der Waals surface area (Å²) in [6.45, 7) is 4.96. The van der Waals surface area contributed by atoms with E-state index in [-0.39, 0.29) is 0 Å². The number of nitrogens with one attached hydrogen (secondary N) is 1. The second kappa shape index (κ2) is 8.08. The van der Waals surface area contributed by atoms with Gasteiger partial charge >= 0.3 is 6.09 Å². The third-order valence-corrected chi connectivity index (χ3v) is 3.29. The molecule has 2 aromatic rings. The van der Waals surface area contributed by atoms with Gasteiger partial charge in [-0.2, -0.15) is 0 Å². The zero-order valence-electron chi connectivity index (χ0n) is 13.6. The van der Waals surface area contributed by atoms with Crippen LogP contribution in [0.2, 0.25) is 0 Å². The number of aryl methyl sites for hydroxylation is 2. The Morgan fingerprint density at radius 1 is 0.957 bits per heavy atom. The van der Waals surface area contributed by atoms with Gasteiger partial charge in [-0.3, -0.25) is 5.32 Å². The van der Waals surface area contributed by atoms with Crippen molar-refractivity contribution >= 4 is 11.8 Å². The second-order valence-corrected chi connectivity index (χ2v) is 5.06. The van der Waals surface area contributed by atoms with Gasteiger partial charge in [0, 0.05) is 5.69 Å². The zero-order chi connectivity index (χ0) is 16.7. The Labute approximate surface area is 136 Å². The molecule has 2 aromatic carbocycles. The number of benzene rings is 2. The van der Waals surface area contributed by atoms with Gasteiger partial charge in [-0.1, -0.05) is 18.2 Å². The van der Waals surface area contributed by atoms with Gasteiger partial charge in [-0.15, -0.1) is 0 Å². The highest BCUT2D eigenvalue weighted by Crippen LogP contribution is 2.22. The van der Waals surface area contributed by atoms with Crippen molar-refractivity contribution in [2.45, 2.75) is 13.8 Å². The third-order valence-electron chi connectivity index (χ3n) is 3.29. The maximum atomic E-state index is 11.1. The first-order valence-corrected chi connectivity index (χ1v) is 7.37. The number of amides is 1. The van der Waals surface area contributed by atoms with Crippen molar-refractivity contribution in [3.63, 3.8) is 0 Å². The van der Waals surface area contributed by atoms with E-state index in [0.717, 1.165) is 16.9 Å². The van der Waals surface area contributed by atoms with E-state index in [9.17, 15) is 4.79 Å². The molecule has 0 spiro atoms. The standard InChI is InChI=1S/C18H21NO4/c1-13-5-4-6-14(2)17(13)23-12-11-22-16-9-7-15(8-10-16)19-18(20)21-3/h4-10H,11-12H2,1-3H3,(H,19,20). The van der Waals surface area contributed by atoms with Crippen LogP contribution >= 0.6 is 0 Å². The second-order valence-electron chi connectivity index (χ2n) is 5.06. The SMILES string of the molecule is COC(=O)Nc1ccc(OCCOc2c(C)cccc2C)cc1. The number of hydrogen-bond acceptors (Lipinski definition) is 4. The molecule has 2 rings (SSSR count). The molecule has 1 N–H and O–H groups in total. The summed E-state index contributed by atoms with van der Waals surface area (Å²) in [6.07, 6.45) is -0.499. The van der Waals surface area contributed by atoms with E-state index in [2.05, 4.69) is 10.1 Å². The number of rotatable bonds is 6. The Morgan fingerprint density at radius 3 is 2.17 bits per heavy atom. The highest BCUT2D eigenvalue weighted by molar-refractivity contribution is 5.84. The topological polar surface area (TPSA) is 56.8 Å². The lowest BCUT2D eigenvalue weighted by atomic mass is 10.1. The van der Waals surface area contributed by atoms with Gasteiger partial charge in [0.2, 0.25) is 0 Å². The molecule has 0 aliphatic carbocycles. The normalized spacial score (nSPS) is 10.0. The van der Waals surface area contributed by atoms with Crippen LogP contribution in [0.15, 0.2) is 42.5 Å². The zero-order valence-corrected chi connectivity index (χ0v) is 13.6. The van der Waals surface area contributed by atoms with Crippen LogP contribution in [0.25, 0.3) is 0 Å². The van der Waals surface area contributed by atoms with Gasteiger partial charge in [-0.05, 0) is 49.2 Å². The average Bonchev–Trinajstić information content (AvgIpc) is 2.55. The number of ether oxygens (including phenoxy) is 3. The van der Waals surface area contributed by atoms with E-state index < -0.39 is 6.09 Å². The molecular weight excluding hydrogens is 294 g/mol. The fraction of sp³-hybridized carbons (Fsp3) is 0.278. The number of carbonyl (C=O) groups excluding carboxylic acids is 1. The van der Waals surface area contributed by atoms with Crippen LogP contribution in [0.1, 0.15) is 11.1 Å². The van der Waals surface area contributed by atoms with Gasteiger partial charge in [0.1, 0.15) is 24.7 Å². The van der Waals surface area contributed by atoms with Crippen molar-refractivity contribution in [3.8, 4) is 11.5 Å². The number of methoxy groups -OCH3 is 1. The molecule has 23 heavy (non-hydrogen) atoms. The Bertz CT molecular complexity index is 632. The van der Waals surface area contributed by atoms with Gasteiger partial charge in [-0.25, -0.2) is 4.79 Å². The summed E-state index contributed by atoms with van der Waals surface area (Å²) >= 11 is 0. The first kappa shape index (κ1) is 16.7. The first-order chi connectivity index (χ1) is 11.1. The largest absolute Gasteiger partial charge is 0.490 e. The van der Waals surface area contributed by atoms with Crippen molar-refractivity contribution in [1.29, 1.82) is 0 Å². The Hall–Kier alpha value is -2.69. The summed E-state index contributed by atoms with van der Waals surface area (Å²) in [5.74, 6) is 1.62. The maximum Gasteiger partial charge on any atom is 0.411 e. The molecule has 0 aliphatic heterocycles. The molecular formula is C18H21NO4. The highest BCUT2D eigenvalue weighted by Gasteiger charge is 2.04. The van der Waals surface area contributed by atoms with Gasteiger partial charge < -0.3 is 14.2 Å². The molecule has 0 aromatic heterocycles. The fourth-order valence-electron chi connectivity index (χ4n) is 2.13. The first-order valence-electron chi connectivity index (χ1n) is 7.37. The van der Waals surface area contributed by atoms with Gasteiger partial charge in [0.25, 0.3) is 0 Å². The van der Waals surface area contributed by atoms with Crippen molar-refractivity contribution < 1.29 is 19.0 Å². The van der Waals surface area contributed by atoms with Crippen LogP contribution in [0.3, 0.4) is 0 Å². The van der Waals surface area contributed by atoms with E-state index in [1.807, 2.05) is 32.0 Å². The Kier molecular flexibility index (Phi) is 5.86. The lowest BCUT2D eigenvalue weighted by molar-refractivity contribution is 0.187. The molecule has 122 valence electrons. The molecule has 5 nitrogen and oxygen atoms in total. The van der Waals surface area contributed by atoms with Gasteiger partial charge in [0.15, 0.2) is 0 Å². The average molecular weight is 315 g/mol. The predicted molar refractivity (Wildman–Crippen MR) is 89.4 cm³/mol. The molecule has 0 atom stereocenters. The minimum absolute atomic E-state index is 0.442. The highest BCUT2D eigenvalue weighted by atomic mass is 16.5. The lowest BCUT2D eigenvalue weighted by Gasteiger charge is -2.12. The number of para-hydroxylation sites is 1. The van der Waals surface area contributed by atoms with E-state index >= 15 is 0 Å². The molecule has 1 amide bonds. The van der Waals surface area contributed by atoms with Crippen molar-refractivity contribution in [3.05, 3.63) is 53.6 Å². The summed E-state index contributed by atoms with van der Waals surface area (Å²) in [5, 5.41) is 2.58. The summed E-state index contributed by atoms with van der Waals surface area (Å²) in [6, 6.07) is 13.1. The Balaban J connectivity index is 1.79. The number of carbonyl (C=O) groups is 1. The summed E-state index contributed by atoms with van der Waals surface area (Å²) in [5.41, 5.74) is 2.88. The van der Waals surface area contributed by atoms with E-state index in [1.165, 1.54) is 7.11 Å².